The van der Waals surface area contributed by atoms with Gasteiger partial charge in [0.1, 0.15) is 12.4 Å². The van der Waals surface area contributed by atoms with Gasteiger partial charge in [-0.2, -0.15) is 0 Å². The quantitative estimate of drug-likeness (QED) is 0.416. The van der Waals surface area contributed by atoms with Crippen molar-refractivity contribution in [3.05, 3.63) is 65.7 Å². The molecule has 0 spiro atoms. The van der Waals surface area contributed by atoms with Crippen LogP contribution in [0, 0.1) is 0 Å². The first-order chi connectivity index (χ1) is 13.1. The van der Waals surface area contributed by atoms with E-state index >= 15 is 0 Å². The van der Waals surface area contributed by atoms with E-state index in [1.165, 1.54) is 6.08 Å². The molecule has 1 N–H and O–H groups in total. The molecule has 0 bridgehead atoms. The van der Waals surface area contributed by atoms with Crippen LogP contribution in [0.4, 0.5) is 5.69 Å². The Labute approximate surface area is 158 Å². The molecule has 142 valence electrons. The van der Waals surface area contributed by atoms with E-state index in [4.69, 9.17) is 14.2 Å². The lowest BCUT2D eigenvalue weighted by molar-refractivity contribution is -0.111. The summed E-state index contributed by atoms with van der Waals surface area (Å²) in [5.41, 5.74) is 1.89. The molecule has 6 nitrogen and oxygen atoms in total. The Balaban J connectivity index is 1.84. The van der Waals surface area contributed by atoms with Crippen molar-refractivity contribution < 1.29 is 23.8 Å². The number of carbonyl (C=O) groups is 2. The Hall–Kier alpha value is -3.12. The standard InChI is InChI=1S/C21H23NO5/c1-3-26-14-15-27-21(24)17-7-9-18(10-8-17)22-20(23)13-6-16-4-11-19(25-2)12-5-16/h4-13H,3,14-15H2,1-2H3,(H,22,23). The fourth-order valence-electron chi connectivity index (χ4n) is 2.18. The fourth-order valence-corrected chi connectivity index (χ4v) is 2.18. The number of methoxy groups -OCH3 is 1. The first kappa shape index (κ1) is 20.2. The third-order valence-electron chi connectivity index (χ3n) is 3.60. The van der Waals surface area contributed by atoms with Crippen LogP contribution in [0.25, 0.3) is 6.08 Å². The smallest absolute Gasteiger partial charge is 0.338 e. The Kier molecular flexibility index (Phi) is 8.06. The van der Waals surface area contributed by atoms with Gasteiger partial charge in [0.25, 0.3) is 0 Å². The van der Waals surface area contributed by atoms with Crippen molar-refractivity contribution in [2.24, 2.45) is 0 Å². The van der Waals surface area contributed by atoms with Gasteiger partial charge in [-0.25, -0.2) is 4.79 Å². The third-order valence-corrected chi connectivity index (χ3v) is 3.60. The summed E-state index contributed by atoms with van der Waals surface area (Å²) in [5.74, 6) is 0.0675. The maximum absolute atomic E-state index is 12.0. The normalized spacial score (nSPS) is 10.6. The number of hydrogen-bond acceptors (Lipinski definition) is 5. The van der Waals surface area contributed by atoms with E-state index < -0.39 is 5.97 Å². The predicted molar refractivity (Wildman–Crippen MR) is 104 cm³/mol. The summed E-state index contributed by atoms with van der Waals surface area (Å²) in [7, 11) is 1.60. The molecule has 2 aromatic carbocycles. The van der Waals surface area contributed by atoms with Crippen molar-refractivity contribution in [2.75, 3.05) is 32.2 Å². The molecule has 0 atom stereocenters. The van der Waals surface area contributed by atoms with Crippen molar-refractivity contribution in [1.29, 1.82) is 0 Å². The molecule has 0 radical (unpaired) electrons. The summed E-state index contributed by atoms with van der Waals surface area (Å²) in [6.45, 7) is 3.04. The summed E-state index contributed by atoms with van der Waals surface area (Å²) in [6, 6.07) is 13.9. The number of ether oxygens (including phenoxy) is 3. The number of nitrogens with one attached hydrogen (secondary N) is 1. The second-order valence-corrected chi connectivity index (χ2v) is 5.51. The highest BCUT2D eigenvalue weighted by molar-refractivity contribution is 6.02. The number of hydrogen-bond donors (Lipinski definition) is 1. The predicted octanol–water partition coefficient (Wildman–Crippen LogP) is 3.54. The molecule has 0 aliphatic carbocycles. The van der Waals surface area contributed by atoms with E-state index in [9.17, 15) is 9.59 Å². The summed E-state index contributed by atoms with van der Waals surface area (Å²) < 4.78 is 15.3. The van der Waals surface area contributed by atoms with Crippen molar-refractivity contribution in [2.45, 2.75) is 6.92 Å². The molecule has 0 aromatic heterocycles. The highest BCUT2D eigenvalue weighted by atomic mass is 16.6. The SMILES string of the molecule is CCOCCOC(=O)c1ccc(NC(=O)C=Cc2ccc(OC)cc2)cc1. The number of anilines is 1. The average Bonchev–Trinajstić information content (AvgIpc) is 2.70. The Morgan fingerprint density at radius 2 is 1.70 bits per heavy atom. The molecule has 0 saturated heterocycles. The lowest BCUT2D eigenvalue weighted by Crippen LogP contribution is -2.11. The molecule has 0 aliphatic heterocycles. The van der Waals surface area contributed by atoms with E-state index in [1.54, 1.807) is 37.5 Å². The maximum Gasteiger partial charge on any atom is 0.338 e. The van der Waals surface area contributed by atoms with Crippen LogP contribution in [-0.4, -0.2) is 38.8 Å². The topological polar surface area (TPSA) is 73.9 Å². The molecular formula is C21H23NO5. The largest absolute Gasteiger partial charge is 0.497 e. The van der Waals surface area contributed by atoms with Crippen LogP contribution in [0.1, 0.15) is 22.8 Å². The third kappa shape index (κ3) is 6.95. The van der Waals surface area contributed by atoms with E-state index in [-0.39, 0.29) is 12.5 Å². The maximum atomic E-state index is 12.0. The van der Waals surface area contributed by atoms with Crippen molar-refractivity contribution in [3.63, 3.8) is 0 Å². The number of benzene rings is 2. The van der Waals surface area contributed by atoms with Crippen LogP contribution >= 0.6 is 0 Å². The zero-order valence-corrected chi connectivity index (χ0v) is 15.4. The molecule has 0 heterocycles. The van der Waals surface area contributed by atoms with Crippen LogP contribution in [0.2, 0.25) is 0 Å². The Bertz CT molecular complexity index is 766. The first-order valence-corrected chi connectivity index (χ1v) is 8.60. The van der Waals surface area contributed by atoms with E-state index in [1.807, 2.05) is 31.2 Å². The van der Waals surface area contributed by atoms with Crippen molar-refractivity contribution >= 4 is 23.6 Å². The highest BCUT2D eigenvalue weighted by Gasteiger charge is 2.07. The summed E-state index contributed by atoms with van der Waals surface area (Å²) >= 11 is 0. The molecule has 2 rings (SSSR count). The molecule has 6 heteroatoms. The van der Waals surface area contributed by atoms with Crippen molar-refractivity contribution in [1.82, 2.24) is 0 Å². The molecular weight excluding hydrogens is 346 g/mol. The minimum Gasteiger partial charge on any atom is -0.497 e. The minimum atomic E-state index is -0.424. The van der Waals surface area contributed by atoms with Crippen LogP contribution in [0.3, 0.4) is 0 Å². The van der Waals surface area contributed by atoms with Gasteiger partial charge in [0.2, 0.25) is 5.91 Å². The number of carbonyl (C=O) groups excluding carboxylic acids is 2. The second-order valence-electron chi connectivity index (χ2n) is 5.51. The summed E-state index contributed by atoms with van der Waals surface area (Å²) in [4.78, 5) is 23.9. The van der Waals surface area contributed by atoms with Gasteiger partial charge in [-0.3, -0.25) is 4.79 Å². The average molecular weight is 369 g/mol. The van der Waals surface area contributed by atoms with Crippen LogP contribution in [0.5, 0.6) is 5.75 Å². The Morgan fingerprint density at radius 3 is 2.33 bits per heavy atom. The fraction of sp³-hybridized carbons (Fsp3) is 0.238. The molecule has 1 amide bonds. The molecule has 0 aliphatic rings. The molecule has 0 fully saturated rings. The van der Waals surface area contributed by atoms with Gasteiger partial charge in [0.15, 0.2) is 0 Å². The highest BCUT2D eigenvalue weighted by Crippen LogP contribution is 2.13. The van der Waals surface area contributed by atoms with Gasteiger partial charge in [-0.05, 0) is 55.0 Å². The van der Waals surface area contributed by atoms with Crippen molar-refractivity contribution in [3.8, 4) is 5.75 Å². The van der Waals surface area contributed by atoms with Crippen LogP contribution < -0.4 is 10.1 Å². The zero-order valence-electron chi connectivity index (χ0n) is 15.4. The van der Waals surface area contributed by atoms with Gasteiger partial charge in [-0.15, -0.1) is 0 Å². The number of esters is 1. The lowest BCUT2D eigenvalue weighted by atomic mass is 10.2. The van der Waals surface area contributed by atoms with Gasteiger partial charge >= 0.3 is 5.97 Å². The van der Waals surface area contributed by atoms with E-state index in [0.717, 1.165) is 11.3 Å². The van der Waals surface area contributed by atoms with Gasteiger partial charge < -0.3 is 19.5 Å². The minimum absolute atomic E-state index is 0.210. The number of amides is 1. The van der Waals surface area contributed by atoms with Gasteiger partial charge in [0, 0.05) is 18.4 Å². The monoisotopic (exact) mass is 369 g/mol. The summed E-state index contributed by atoms with van der Waals surface area (Å²) in [6.07, 6.45) is 3.15. The van der Waals surface area contributed by atoms with Crippen LogP contribution in [0.15, 0.2) is 54.6 Å². The van der Waals surface area contributed by atoms with Crippen LogP contribution in [-0.2, 0) is 14.3 Å². The Morgan fingerprint density at radius 1 is 1.00 bits per heavy atom. The lowest BCUT2D eigenvalue weighted by Gasteiger charge is -2.06. The molecule has 0 saturated carbocycles. The van der Waals surface area contributed by atoms with E-state index in [0.29, 0.717) is 24.5 Å². The van der Waals surface area contributed by atoms with E-state index in [2.05, 4.69) is 5.32 Å². The second kappa shape index (κ2) is 10.8. The molecule has 2 aromatic rings. The zero-order chi connectivity index (χ0) is 19.5. The van der Waals surface area contributed by atoms with Gasteiger partial charge in [0.05, 0.1) is 19.3 Å². The first-order valence-electron chi connectivity index (χ1n) is 8.60. The van der Waals surface area contributed by atoms with Gasteiger partial charge in [-0.1, -0.05) is 12.1 Å². The number of rotatable bonds is 9. The molecule has 0 unspecified atom stereocenters. The summed E-state index contributed by atoms with van der Waals surface area (Å²) in [5, 5.41) is 2.74. The molecule has 27 heavy (non-hydrogen) atoms.